The second-order valence-corrected chi connectivity index (χ2v) is 6.05. The molecule has 1 heterocycles. The fourth-order valence-corrected chi connectivity index (χ4v) is 2.90. The summed E-state index contributed by atoms with van der Waals surface area (Å²) < 4.78 is 5.74. The number of likely N-dealkylation sites (tertiary alicyclic amines) is 1. The van der Waals surface area contributed by atoms with Crippen LogP contribution in [0.1, 0.15) is 26.7 Å². The van der Waals surface area contributed by atoms with E-state index in [2.05, 4.69) is 18.7 Å². The lowest BCUT2D eigenvalue weighted by atomic mass is 9.82. The van der Waals surface area contributed by atoms with Gasteiger partial charge in [-0.1, -0.05) is 18.2 Å². The predicted octanol–water partition coefficient (Wildman–Crippen LogP) is 2.04. The quantitative estimate of drug-likeness (QED) is 0.895. The normalized spacial score (nSPS) is 22.4. The molecule has 0 aliphatic carbocycles. The number of carbonyl (C=O) groups is 1. The van der Waals surface area contributed by atoms with Gasteiger partial charge in [0.05, 0.1) is 0 Å². The van der Waals surface area contributed by atoms with Crippen molar-refractivity contribution >= 4 is 5.91 Å². The second-order valence-electron chi connectivity index (χ2n) is 6.05. The number of hydrogen-bond acceptors (Lipinski definition) is 3. The van der Waals surface area contributed by atoms with Crippen LogP contribution in [0.5, 0.6) is 5.75 Å². The molecule has 1 aromatic carbocycles. The summed E-state index contributed by atoms with van der Waals surface area (Å²) in [6, 6.07) is 9.84. The summed E-state index contributed by atoms with van der Waals surface area (Å²) in [5, 5.41) is 0. The maximum absolute atomic E-state index is 11.3. The number of primary amides is 1. The Balaban J connectivity index is 1.83. The van der Waals surface area contributed by atoms with E-state index in [1.807, 2.05) is 30.3 Å². The third-order valence-electron chi connectivity index (χ3n) is 4.12. The smallest absolute Gasteiger partial charge is 0.220 e. The highest BCUT2D eigenvalue weighted by Crippen LogP contribution is 2.31. The Kier molecular flexibility index (Phi) is 4.65. The van der Waals surface area contributed by atoms with Gasteiger partial charge >= 0.3 is 0 Å². The average Bonchev–Trinajstić information content (AvgIpc) is 2.41. The van der Waals surface area contributed by atoms with Crippen molar-refractivity contribution < 1.29 is 9.53 Å². The first-order valence-electron chi connectivity index (χ1n) is 7.21. The summed E-state index contributed by atoms with van der Waals surface area (Å²) in [5.41, 5.74) is 5.43. The standard InChI is InChI=1S/C16H24N2O2/c1-16(2)12-13(15(17)19)8-9-18(16)10-11-20-14-6-4-3-5-7-14/h3-7,13H,8-12H2,1-2H3,(H2,17,19). The van der Waals surface area contributed by atoms with Crippen molar-refractivity contribution in [1.29, 1.82) is 0 Å². The number of piperidine rings is 1. The van der Waals surface area contributed by atoms with Crippen LogP contribution in [0.2, 0.25) is 0 Å². The summed E-state index contributed by atoms with van der Waals surface area (Å²) in [7, 11) is 0. The molecular weight excluding hydrogens is 252 g/mol. The maximum Gasteiger partial charge on any atom is 0.220 e. The number of nitrogens with two attached hydrogens (primary N) is 1. The highest BCUT2D eigenvalue weighted by molar-refractivity contribution is 5.76. The molecule has 0 saturated carbocycles. The van der Waals surface area contributed by atoms with Crippen LogP contribution in [-0.2, 0) is 4.79 Å². The zero-order chi connectivity index (χ0) is 14.6. The first kappa shape index (κ1) is 14.9. The lowest BCUT2D eigenvalue weighted by Gasteiger charge is -2.44. The van der Waals surface area contributed by atoms with E-state index in [4.69, 9.17) is 10.5 Å². The molecule has 1 aliphatic heterocycles. The van der Waals surface area contributed by atoms with Crippen LogP contribution in [0, 0.1) is 5.92 Å². The molecule has 4 nitrogen and oxygen atoms in total. The first-order valence-corrected chi connectivity index (χ1v) is 7.21. The van der Waals surface area contributed by atoms with E-state index >= 15 is 0 Å². The number of hydrogen-bond donors (Lipinski definition) is 1. The van der Waals surface area contributed by atoms with Crippen LogP contribution in [-0.4, -0.2) is 36.0 Å². The van der Waals surface area contributed by atoms with Gasteiger partial charge in [0.2, 0.25) is 5.91 Å². The van der Waals surface area contributed by atoms with Gasteiger partial charge in [-0.3, -0.25) is 9.69 Å². The van der Waals surface area contributed by atoms with E-state index in [0.29, 0.717) is 6.61 Å². The SMILES string of the molecule is CC1(C)CC(C(N)=O)CCN1CCOc1ccccc1. The summed E-state index contributed by atoms with van der Waals surface area (Å²) >= 11 is 0. The number of ether oxygens (including phenoxy) is 1. The summed E-state index contributed by atoms with van der Waals surface area (Å²) in [6.07, 6.45) is 1.68. The van der Waals surface area contributed by atoms with E-state index in [-0.39, 0.29) is 17.4 Å². The summed E-state index contributed by atoms with van der Waals surface area (Å²) in [5.74, 6) is 0.742. The molecule has 0 radical (unpaired) electrons. The fraction of sp³-hybridized carbons (Fsp3) is 0.562. The van der Waals surface area contributed by atoms with Crippen LogP contribution in [0.15, 0.2) is 30.3 Å². The highest BCUT2D eigenvalue weighted by atomic mass is 16.5. The van der Waals surface area contributed by atoms with E-state index < -0.39 is 0 Å². The van der Waals surface area contributed by atoms with Gasteiger partial charge in [-0.05, 0) is 45.4 Å². The van der Waals surface area contributed by atoms with Crippen molar-refractivity contribution in [3.8, 4) is 5.75 Å². The van der Waals surface area contributed by atoms with Crippen molar-refractivity contribution in [3.05, 3.63) is 30.3 Å². The molecule has 0 aromatic heterocycles. The lowest BCUT2D eigenvalue weighted by Crippen LogP contribution is -2.53. The lowest BCUT2D eigenvalue weighted by molar-refractivity contribution is -0.125. The third kappa shape index (κ3) is 3.73. The summed E-state index contributed by atoms with van der Waals surface area (Å²) in [4.78, 5) is 13.7. The number of carbonyl (C=O) groups excluding carboxylic acids is 1. The molecule has 1 amide bonds. The minimum Gasteiger partial charge on any atom is -0.492 e. The van der Waals surface area contributed by atoms with Crippen molar-refractivity contribution in [2.45, 2.75) is 32.2 Å². The van der Waals surface area contributed by atoms with Crippen molar-refractivity contribution in [3.63, 3.8) is 0 Å². The number of rotatable bonds is 5. The number of amides is 1. The van der Waals surface area contributed by atoms with Crippen LogP contribution >= 0.6 is 0 Å². The Labute approximate surface area is 120 Å². The molecule has 1 atom stereocenters. The zero-order valence-corrected chi connectivity index (χ0v) is 12.3. The van der Waals surface area contributed by atoms with Crippen LogP contribution in [0.3, 0.4) is 0 Å². The van der Waals surface area contributed by atoms with Crippen LogP contribution in [0.4, 0.5) is 0 Å². The van der Waals surface area contributed by atoms with Gasteiger partial charge in [-0.15, -0.1) is 0 Å². The maximum atomic E-state index is 11.3. The molecule has 0 spiro atoms. The van der Waals surface area contributed by atoms with E-state index in [1.165, 1.54) is 0 Å². The fourth-order valence-electron chi connectivity index (χ4n) is 2.90. The molecule has 1 aliphatic rings. The van der Waals surface area contributed by atoms with E-state index in [9.17, 15) is 4.79 Å². The molecule has 2 rings (SSSR count). The van der Waals surface area contributed by atoms with Gasteiger partial charge in [0.15, 0.2) is 0 Å². The number of para-hydroxylation sites is 1. The van der Waals surface area contributed by atoms with E-state index in [0.717, 1.165) is 31.7 Å². The monoisotopic (exact) mass is 276 g/mol. The molecule has 20 heavy (non-hydrogen) atoms. The second kappa shape index (κ2) is 6.27. The predicted molar refractivity (Wildman–Crippen MR) is 79.5 cm³/mol. The van der Waals surface area contributed by atoms with Gasteiger partial charge in [0.25, 0.3) is 0 Å². The van der Waals surface area contributed by atoms with Crippen molar-refractivity contribution in [1.82, 2.24) is 4.90 Å². The molecule has 1 saturated heterocycles. The molecule has 4 heteroatoms. The number of nitrogens with zero attached hydrogens (tertiary/aromatic N) is 1. The van der Waals surface area contributed by atoms with Gasteiger partial charge in [0.1, 0.15) is 12.4 Å². The molecule has 0 bridgehead atoms. The molecule has 2 N–H and O–H groups in total. The Hall–Kier alpha value is -1.55. The van der Waals surface area contributed by atoms with Gasteiger partial charge < -0.3 is 10.5 Å². The summed E-state index contributed by atoms with van der Waals surface area (Å²) in [6.45, 7) is 6.77. The molecular formula is C16H24N2O2. The van der Waals surface area contributed by atoms with Crippen LogP contribution in [0.25, 0.3) is 0 Å². The van der Waals surface area contributed by atoms with Crippen molar-refractivity contribution in [2.24, 2.45) is 11.7 Å². The van der Waals surface area contributed by atoms with Gasteiger partial charge in [-0.2, -0.15) is 0 Å². The topological polar surface area (TPSA) is 55.6 Å². The van der Waals surface area contributed by atoms with Gasteiger partial charge in [0, 0.05) is 18.0 Å². The van der Waals surface area contributed by atoms with E-state index in [1.54, 1.807) is 0 Å². The zero-order valence-electron chi connectivity index (χ0n) is 12.3. The van der Waals surface area contributed by atoms with Gasteiger partial charge in [-0.25, -0.2) is 0 Å². The molecule has 110 valence electrons. The first-order chi connectivity index (χ1) is 9.49. The Morgan fingerprint density at radius 3 is 2.70 bits per heavy atom. The molecule has 1 fully saturated rings. The highest BCUT2D eigenvalue weighted by Gasteiger charge is 2.36. The Morgan fingerprint density at radius 1 is 1.40 bits per heavy atom. The average molecular weight is 276 g/mol. The third-order valence-corrected chi connectivity index (χ3v) is 4.12. The molecule has 1 aromatic rings. The largest absolute Gasteiger partial charge is 0.492 e. The molecule has 1 unspecified atom stereocenters. The Bertz CT molecular complexity index is 445. The minimum atomic E-state index is -0.168. The van der Waals surface area contributed by atoms with Crippen molar-refractivity contribution in [2.75, 3.05) is 19.7 Å². The minimum absolute atomic E-state index is 0.00199. The number of benzene rings is 1. The van der Waals surface area contributed by atoms with Crippen LogP contribution < -0.4 is 10.5 Å². The Morgan fingerprint density at radius 2 is 2.10 bits per heavy atom.